The van der Waals surface area contributed by atoms with Crippen molar-refractivity contribution >= 4 is 28.9 Å². The van der Waals surface area contributed by atoms with Crippen molar-refractivity contribution in [1.29, 1.82) is 0 Å². The number of piperazine rings is 1. The molecule has 4 aromatic rings. The van der Waals surface area contributed by atoms with Gasteiger partial charge in [0.05, 0.1) is 24.4 Å². The number of benzene rings is 1. The normalized spacial score (nSPS) is 17.4. The Morgan fingerprint density at radius 3 is 2.65 bits per heavy atom. The molecule has 0 spiro atoms. The fraction of sp³-hybridized carbons (Fsp3) is 0.370. The maximum absolute atomic E-state index is 15.1. The Morgan fingerprint density at radius 2 is 1.93 bits per heavy atom. The highest BCUT2D eigenvalue weighted by molar-refractivity contribution is 5.83. The minimum atomic E-state index is -0.894. The number of nitrogens with one attached hydrogen (secondary N) is 1. The molecule has 3 aromatic heterocycles. The van der Waals surface area contributed by atoms with E-state index in [0.29, 0.717) is 50.7 Å². The van der Waals surface area contributed by atoms with E-state index in [0.717, 1.165) is 30.4 Å². The fourth-order valence-corrected chi connectivity index (χ4v) is 5.39. The SMILES string of the molecule is COC[C@@H]1CCc2nc3c(F)cc(-c4nc(Nc5ccc(CN6CCN(C(=O)O)CC6)cn5)ncc4F)cc3n21. The summed E-state index contributed by atoms with van der Waals surface area (Å²) >= 11 is 0. The number of nitrogens with zero attached hydrogens (tertiary/aromatic N) is 7. The fourth-order valence-electron chi connectivity index (χ4n) is 5.39. The van der Waals surface area contributed by atoms with Crippen LogP contribution in [-0.4, -0.2) is 85.4 Å². The van der Waals surface area contributed by atoms with Crippen LogP contribution in [0.5, 0.6) is 0 Å². The van der Waals surface area contributed by atoms with Gasteiger partial charge in [0.2, 0.25) is 5.95 Å². The third kappa shape index (κ3) is 5.05. The van der Waals surface area contributed by atoms with Crippen LogP contribution in [-0.2, 0) is 17.7 Å². The second-order valence-electron chi connectivity index (χ2n) is 9.98. The number of aryl methyl sites for hydroxylation is 1. The average Bonchev–Trinajstić information content (AvgIpc) is 3.52. The topological polar surface area (TPSA) is 122 Å². The Hall–Kier alpha value is -4.23. The van der Waals surface area contributed by atoms with Gasteiger partial charge in [0, 0.05) is 58.0 Å². The largest absolute Gasteiger partial charge is 0.465 e. The van der Waals surface area contributed by atoms with E-state index in [1.807, 2.05) is 10.6 Å². The predicted molar refractivity (Wildman–Crippen MR) is 142 cm³/mol. The van der Waals surface area contributed by atoms with Gasteiger partial charge in [-0.2, -0.15) is 0 Å². The Kier molecular flexibility index (Phi) is 6.98. The number of fused-ring (bicyclic) bond motifs is 3. The van der Waals surface area contributed by atoms with Crippen molar-refractivity contribution < 1.29 is 23.4 Å². The second-order valence-corrected chi connectivity index (χ2v) is 9.98. The number of rotatable bonds is 7. The second kappa shape index (κ2) is 10.7. The summed E-state index contributed by atoms with van der Waals surface area (Å²) in [5, 5.41) is 12.1. The molecule has 11 nitrogen and oxygen atoms in total. The Labute approximate surface area is 228 Å². The zero-order chi connectivity index (χ0) is 27.8. The van der Waals surface area contributed by atoms with Crippen molar-refractivity contribution in [3.8, 4) is 11.3 Å². The summed E-state index contributed by atoms with van der Waals surface area (Å²) in [6.07, 6.45) is 3.44. The summed E-state index contributed by atoms with van der Waals surface area (Å²) < 4.78 is 37.3. The molecule has 0 radical (unpaired) electrons. The molecule has 2 N–H and O–H groups in total. The van der Waals surface area contributed by atoms with E-state index in [1.165, 1.54) is 11.0 Å². The lowest BCUT2D eigenvalue weighted by Gasteiger charge is -2.32. The number of carboxylic acid groups (broad SMARTS) is 1. The number of hydrogen-bond acceptors (Lipinski definition) is 8. The summed E-state index contributed by atoms with van der Waals surface area (Å²) in [5.41, 5.74) is 2.05. The van der Waals surface area contributed by atoms with E-state index in [2.05, 4.69) is 30.2 Å². The highest BCUT2D eigenvalue weighted by Gasteiger charge is 2.28. The number of ether oxygens (including phenoxy) is 1. The monoisotopic (exact) mass is 550 g/mol. The lowest BCUT2D eigenvalue weighted by Crippen LogP contribution is -2.47. The van der Waals surface area contributed by atoms with E-state index in [9.17, 15) is 9.18 Å². The first kappa shape index (κ1) is 26.0. The molecule has 1 saturated heterocycles. The zero-order valence-corrected chi connectivity index (χ0v) is 21.8. The van der Waals surface area contributed by atoms with E-state index in [1.54, 1.807) is 25.4 Å². The molecule has 0 unspecified atom stereocenters. The quantitative estimate of drug-likeness (QED) is 0.354. The molecule has 5 heterocycles. The number of carbonyl (C=O) groups is 1. The first-order chi connectivity index (χ1) is 19.4. The molecule has 13 heteroatoms. The van der Waals surface area contributed by atoms with Gasteiger partial charge in [0.25, 0.3) is 0 Å². The maximum Gasteiger partial charge on any atom is 0.407 e. The number of methoxy groups -OCH3 is 1. The molecule has 0 bridgehead atoms. The van der Waals surface area contributed by atoms with Gasteiger partial charge in [0.15, 0.2) is 11.6 Å². The molecule has 2 aliphatic heterocycles. The van der Waals surface area contributed by atoms with Crippen molar-refractivity contribution in [2.24, 2.45) is 0 Å². The maximum atomic E-state index is 15.1. The summed E-state index contributed by atoms with van der Waals surface area (Å²) in [6, 6.07) is 6.67. The van der Waals surface area contributed by atoms with Gasteiger partial charge in [-0.05, 0) is 30.2 Å². The molecular weight excluding hydrogens is 522 g/mol. The average molecular weight is 551 g/mol. The van der Waals surface area contributed by atoms with Gasteiger partial charge in [0.1, 0.15) is 22.9 Å². The predicted octanol–water partition coefficient (Wildman–Crippen LogP) is 3.84. The molecule has 40 heavy (non-hydrogen) atoms. The van der Waals surface area contributed by atoms with Crippen LogP contribution in [0.4, 0.5) is 25.3 Å². The summed E-state index contributed by atoms with van der Waals surface area (Å²) in [7, 11) is 1.63. The van der Waals surface area contributed by atoms with Gasteiger partial charge < -0.3 is 24.6 Å². The molecule has 0 aliphatic carbocycles. The summed E-state index contributed by atoms with van der Waals surface area (Å²) in [6.45, 7) is 3.38. The van der Waals surface area contributed by atoms with Crippen LogP contribution in [0.1, 0.15) is 23.9 Å². The molecule has 1 amide bonds. The number of pyridine rings is 1. The summed E-state index contributed by atoms with van der Waals surface area (Å²) in [5.74, 6) is 0.160. The smallest absolute Gasteiger partial charge is 0.407 e. The minimum absolute atomic E-state index is 0.0349. The first-order valence-corrected chi connectivity index (χ1v) is 13.0. The lowest BCUT2D eigenvalue weighted by molar-refractivity contribution is 0.103. The molecule has 0 saturated carbocycles. The Bertz CT molecular complexity index is 1550. The highest BCUT2D eigenvalue weighted by Crippen LogP contribution is 2.35. The van der Waals surface area contributed by atoms with Crippen LogP contribution in [0.25, 0.3) is 22.3 Å². The molecule has 1 atom stereocenters. The van der Waals surface area contributed by atoms with E-state index < -0.39 is 17.7 Å². The van der Waals surface area contributed by atoms with Crippen molar-refractivity contribution in [1.82, 2.24) is 34.3 Å². The van der Waals surface area contributed by atoms with Crippen molar-refractivity contribution in [3.05, 3.63) is 59.7 Å². The van der Waals surface area contributed by atoms with Crippen molar-refractivity contribution in [3.63, 3.8) is 0 Å². The van der Waals surface area contributed by atoms with Crippen LogP contribution in [0, 0.1) is 11.6 Å². The van der Waals surface area contributed by atoms with Crippen LogP contribution in [0.3, 0.4) is 0 Å². The number of halogens is 2. The Balaban J connectivity index is 1.20. The third-order valence-corrected chi connectivity index (χ3v) is 7.38. The van der Waals surface area contributed by atoms with E-state index in [-0.39, 0.29) is 28.8 Å². The van der Waals surface area contributed by atoms with Crippen LogP contribution in [0.15, 0.2) is 36.7 Å². The third-order valence-electron chi connectivity index (χ3n) is 7.38. The molecule has 6 rings (SSSR count). The van der Waals surface area contributed by atoms with Gasteiger partial charge in [-0.3, -0.25) is 4.90 Å². The first-order valence-electron chi connectivity index (χ1n) is 13.0. The van der Waals surface area contributed by atoms with Gasteiger partial charge in [-0.1, -0.05) is 6.07 Å². The van der Waals surface area contributed by atoms with Crippen LogP contribution >= 0.6 is 0 Å². The van der Waals surface area contributed by atoms with Gasteiger partial charge >= 0.3 is 6.09 Å². The van der Waals surface area contributed by atoms with E-state index >= 15 is 4.39 Å². The Morgan fingerprint density at radius 1 is 1.10 bits per heavy atom. The van der Waals surface area contributed by atoms with E-state index in [4.69, 9.17) is 9.84 Å². The van der Waals surface area contributed by atoms with Gasteiger partial charge in [-0.25, -0.2) is 33.5 Å². The zero-order valence-electron chi connectivity index (χ0n) is 21.8. The molecule has 208 valence electrons. The molecular formula is C27H28F2N8O3. The summed E-state index contributed by atoms with van der Waals surface area (Å²) in [4.78, 5) is 31.9. The number of hydrogen-bond donors (Lipinski definition) is 2. The van der Waals surface area contributed by atoms with Gasteiger partial charge in [-0.15, -0.1) is 0 Å². The minimum Gasteiger partial charge on any atom is -0.465 e. The number of anilines is 2. The van der Waals surface area contributed by atoms with Crippen molar-refractivity contribution in [2.45, 2.75) is 25.4 Å². The standard InChI is InChI=1S/C27H28F2N8O3/c1-40-15-18-3-5-23-33-25-19(28)10-17(11-21(25)37(18)23)24-20(29)13-31-26(34-24)32-22-4-2-16(12-30-22)14-35-6-8-36(9-7-35)27(38)39/h2,4,10-13,18H,3,5-9,14-15H2,1H3,(H,38,39)(H,30,31,32,34)/t18-/m0/s1. The molecule has 2 aliphatic rings. The molecule has 1 fully saturated rings. The number of imidazole rings is 1. The highest BCUT2D eigenvalue weighted by atomic mass is 19.1. The van der Waals surface area contributed by atoms with Crippen LogP contribution < -0.4 is 5.32 Å². The lowest BCUT2D eigenvalue weighted by atomic mass is 10.1. The molecule has 1 aromatic carbocycles. The number of amides is 1. The van der Waals surface area contributed by atoms with Crippen molar-refractivity contribution in [2.75, 3.05) is 45.2 Å². The number of aromatic nitrogens is 5. The van der Waals surface area contributed by atoms with Crippen LogP contribution in [0.2, 0.25) is 0 Å².